The van der Waals surface area contributed by atoms with Crippen molar-refractivity contribution in [3.8, 4) is 0 Å². The zero-order valence-corrected chi connectivity index (χ0v) is 15.9. The minimum Gasteiger partial charge on any atom is -0.133 e. The van der Waals surface area contributed by atoms with Crippen molar-refractivity contribution in [2.45, 2.75) is 97.3 Å². The molecule has 0 radical (unpaired) electrons. The molecule has 0 saturated heterocycles. The Kier molecular flexibility index (Phi) is 12.1. The molecule has 0 spiro atoms. The molecule has 1 rings (SSSR count). The third-order valence-electron chi connectivity index (χ3n) is 5.46. The Hall–Kier alpha value is -0.740. The summed E-state index contributed by atoms with van der Waals surface area (Å²) in [7, 11) is 0. The van der Waals surface area contributed by atoms with Gasteiger partial charge in [-0.1, -0.05) is 77.5 Å². The highest BCUT2D eigenvalue weighted by atomic mass is 14.3. The molecular formula is C23H40. The summed E-state index contributed by atoms with van der Waals surface area (Å²) in [5.74, 6) is 2.53. The molecule has 1 saturated carbocycles. The summed E-state index contributed by atoms with van der Waals surface area (Å²) in [5, 5.41) is 0. The predicted molar refractivity (Wildman–Crippen MR) is 105 cm³/mol. The van der Waals surface area contributed by atoms with E-state index >= 15 is 0 Å². The summed E-state index contributed by atoms with van der Waals surface area (Å²) in [6.45, 7) is 8.23. The van der Waals surface area contributed by atoms with Gasteiger partial charge in [0.05, 0.1) is 0 Å². The molecule has 0 aromatic carbocycles. The standard InChI is InChI=1S/C23H40/c1-4-6-7-8-9-12-17-22-19-14-20-23(22)18-13-10-11-16-21(3)15-5-2/h12,15,17,21-23H,2,4,6-11,13-14,16,18-20H2,1,3H3/t21?,22-,23-/m0/s1. The Labute approximate surface area is 146 Å². The lowest BCUT2D eigenvalue weighted by molar-refractivity contribution is 0.400. The first-order valence-corrected chi connectivity index (χ1v) is 10.3. The molecule has 1 aliphatic rings. The molecule has 0 aromatic heterocycles. The van der Waals surface area contributed by atoms with Gasteiger partial charge < -0.3 is 0 Å². The van der Waals surface area contributed by atoms with Crippen LogP contribution in [-0.4, -0.2) is 0 Å². The van der Waals surface area contributed by atoms with E-state index in [1.165, 1.54) is 83.5 Å². The van der Waals surface area contributed by atoms with Crippen LogP contribution in [0.15, 0.2) is 30.5 Å². The van der Waals surface area contributed by atoms with E-state index < -0.39 is 0 Å². The maximum atomic E-state index is 3.66. The minimum absolute atomic E-state index is 0.655. The van der Waals surface area contributed by atoms with E-state index in [1.807, 2.05) is 0 Å². The average Bonchev–Trinajstić information content (AvgIpc) is 2.98. The van der Waals surface area contributed by atoms with Crippen LogP contribution in [0, 0.1) is 17.8 Å². The second-order valence-corrected chi connectivity index (χ2v) is 7.62. The Morgan fingerprint density at radius 2 is 1.91 bits per heavy atom. The highest BCUT2D eigenvalue weighted by Gasteiger charge is 2.24. The summed E-state index contributed by atoms with van der Waals surface area (Å²) in [5.41, 5.74) is 2.91. The summed E-state index contributed by atoms with van der Waals surface area (Å²) >= 11 is 0. The van der Waals surface area contributed by atoms with E-state index in [0.717, 1.165) is 11.8 Å². The Bertz CT molecular complexity index is 345. The fraction of sp³-hybridized carbons (Fsp3) is 0.783. The normalized spacial score (nSPS) is 22.3. The largest absolute Gasteiger partial charge is 0.133 e. The van der Waals surface area contributed by atoms with Crippen molar-refractivity contribution in [3.63, 3.8) is 0 Å². The van der Waals surface area contributed by atoms with Crippen LogP contribution in [-0.2, 0) is 0 Å². The Morgan fingerprint density at radius 1 is 1.09 bits per heavy atom. The zero-order chi connectivity index (χ0) is 16.8. The van der Waals surface area contributed by atoms with Gasteiger partial charge in [-0.25, -0.2) is 0 Å². The van der Waals surface area contributed by atoms with E-state index in [0.29, 0.717) is 5.92 Å². The smallest absolute Gasteiger partial charge is 0.0186 e. The van der Waals surface area contributed by atoms with Crippen molar-refractivity contribution >= 4 is 0 Å². The van der Waals surface area contributed by atoms with Crippen LogP contribution >= 0.6 is 0 Å². The van der Waals surface area contributed by atoms with Gasteiger partial charge in [-0.15, -0.1) is 5.73 Å². The summed E-state index contributed by atoms with van der Waals surface area (Å²) in [6.07, 6.45) is 25.3. The maximum absolute atomic E-state index is 3.66. The number of hydrogen-bond acceptors (Lipinski definition) is 0. The monoisotopic (exact) mass is 316 g/mol. The maximum Gasteiger partial charge on any atom is -0.0186 e. The third-order valence-corrected chi connectivity index (χ3v) is 5.46. The van der Waals surface area contributed by atoms with Crippen molar-refractivity contribution in [3.05, 3.63) is 30.5 Å². The van der Waals surface area contributed by atoms with Gasteiger partial charge in [0.25, 0.3) is 0 Å². The molecule has 1 unspecified atom stereocenters. The lowest BCUT2D eigenvalue weighted by Gasteiger charge is -2.16. The van der Waals surface area contributed by atoms with Gasteiger partial charge in [0.15, 0.2) is 0 Å². The number of allylic oxidation sites excluding steroid dienone is 3. The molecule has 1 fully saturated rings. The fourth-order valence-electron chi connectivity index (χ4n) is 3.97. The minimum atomic E-state index is 0.655. The van der Waals surface area contributed by atoms with Crippen molar-refractivity contribution in [1.29, 1.82) is 0 Å². The van der Waals surface area contributed by atoms with Crippen molar-refractivity contribution < 1.29 is 0 Å². The Balaban J connectivity index is 2.10. The predicted octanol–water partition coefficient (Wildman–Crippen LogP) is 7.86. The molecule has 0 bridgehead atoms. The molecule has 0 nitrogen and oxygen atoms in total. The molecule has 0 amide bonds. The van der Waals surface area contributed by atoms with E-state index in [2.05, 4.69) is 44.4 Å². The summed E-state index contributed by atoms with van der Waals surface area (Å²) in [6, 6.07) is 0. The highest BCUT2D eigenvalue weighted by molar-refractivity contribution is 4.94. The van der Waals surface area contributed by atoms with E-state index in [-0.39, 0.29) is 0 Å². The molecule has 1 aliphatic carbocycles. The second kappa shape index (κ2) is 13.7. The first-order chi connectivity index (χ1) is 11.3. The molecule has 3 atom stereocenters. The van der Waals surface area contributed by atoms with Gasteiger partial charge in [0, 0.05) is 0 Å². The van der Waals surface area contributed by atoms with Crippen LogP contribution in [0.25, 0.3) is 0 Å². The molecule has 0 heteroatoms. The SMILES string of the molecule is C=C=CC(C)CCCCC[C@H]1CCC[C@@H]1C=CCCCCCC. The van der Waals surface area contributed by atoms with Crippen LogP contribution in [0.4, 0.5) is 0 Å². The summed E-state index contributed by atoms with van der Waals surface area (Å²) in [4.78, 5) is 0. The van der Waals surface area contributed by atoms with Gasteiger partial charge in [-0.2, -0.15) is 0 Å². The van der Waals surface area contributed by atoms with Crippen molar-refractivity contribution in [1.82, 2.24) is 0 Å². The number of rotatable bonds is 13. The quantitative estimate of drug-likeness (QED) is 0.184. The molecule has 132 valence electrons. The molecule has 0 aromatic rings. The average molecular weight is 317 g/mol. The van der Waals surface area contributed by atoms with Crippen LogP contribution in [0.2, 0.25) is 0 Å². The third kappa shape index (κ3) is 9.87. The van der Waals surface area contributed by atoms with Gasteiger partial charge in [0.1, 0.15) is 0 Å². The first-order valence-electron chi connectivity index (χ1n) is 10.3. The van der Waals surface area contributed by atoms with Gasteiger partial charge >= 0.3 is 0 Å². The second-order valence-electron chi connectivity index (χ2n) is 7.62. The van der Waals surface area contributed by atoms with Gasteiger partial charge in [-0.3, -0.25) is 0 Å². The van der Waals surface area contributed by atoms with Crippen molar-refractivity contribution in [2.75, 3.05) is 0 Å². The lowest BCUT2D eigenvalue weighted by Crippen LogP contribution is -2.05. The molecule has 0 heterocycles. The number of unbranched alkanes of at least 4 members (excludes halogenated alkanes) is 6. The lowest BCUT2D eigenvalue weighted by atomic mass is 9.89. The molecular weight excluding hydrogens is 276 g/mol. The van der Waals surface area contributed by atoms with Crippen molar-refractivity contribution in [2.24, 2.45) is 17.8 Å². The van der Waals surface area contributed by atoms with Gasteiger partial charge in [-0.05, 0) is 62.4 Å². The van der Waals surface area contributed by atoms with Crippen LogP contribution in [0.1, 0.15) is 97.3 Å². The molecule has 0 N–H and O–H groups in total. The topological polar surface area (TPSA) is 0 Å². The van der Waals surface area contributed by atoms with Crippen LogP contribution in [0.3, 0.4) is 0 Å². The molecule has 23 heavy (non-hydrogen) atoms. The van der Waals surface area contributed by atoms with E-state index in [1.54, 1.807) is 0 Å². The molecule has 0 aliphatic heterocycles. The Morgan fingerprint density at radius 3 is 2.70 bits per heavy atom. The summed E-state index contributed by atoms with van der Waals surface area (Å²) < 4.78 is 0. The van der Waals surface area contributed by atoms with Crippen LogP contribution in [0.5, 0.6) is 0 Å². The zero-order valence-electron chi connectivity index (χ0n) is 15.9. The van der Waals surface area contributed by atoms with Gasteiger partial charge in [0.2, 0.25) is 0 Å². The fourth-order valence-corrected chi connectivity index (χ4v) is 3.97. The number of hydrogen-bond donors (Lipinski definition) is 0. The van der Waals surface area contributed by atoms with E-state index in [4.69, 9.17) is 0 Å². The highest BCUT2D eigenvalue weighted by Crippen LogP contribution is 2.36. The first kappa shape index (κ1) is 20.3. The van der Waals surface area contributed by atoms with Crippen LogP contribution < -0.4 is 0 Å². The van der Waals surface area contributed by atoms with E-state index in [9.17, 15) is 0 Å².